The van der Waals surface area contributed by atoms with Gasteiger partial charge in [-0.15, -0.1) is 10.2 Å². The van der Waals surface area contributed by atoms with Crippen molar-refractivity contribution in [2.75, 3.05) is 31.1 Å². The first-order valence-electron chi connectivity index (χ1n) is 9.51. The number of alkyl halides is 3. The Bertz CT molecular complexity index is 880. The number of hydrogen-bond donors (Lipinski definition) is 2. The van der Waals surface area contributed by atoms with E-state index in [9.17, 15) is 23.1 Å². The van der Waals surface area contributed by atoms with Crippen molar-refractivity contribution in [3.05, 3.63) is 35.4 Å². The smallest absolute Gasteiger partial charge is 0.416 e. The quantitative estimate of drug-likeness (QED) is 0.768. The third-order valence-corrected chi connectivity index (χ3v) is 4.85. The van der Waals surface area contributed by atoms with Gasteiger partial charge in [0.05, 0.1) is 24.0 Å². The van der Waals surface area contributed by atoms with Gasteiger partial charge in [-0.1, -0.05) is 0 Å². The van der Waals surface area contributed by atoms with Crippen LogP contribution in [-0.4, -0.2) is 53.6 Å². The highest BCUT2D eigenvalue weighted by atomic mass is 19.4. The highest BCUT2D eigenvalue weighted by Crippen LogP contribution is 2.38. The fourth-order valence-electron chi connectivity index (χ4n) is 3.40. The second kappa shape index (κ2) is 8.86. The van der Waals surface area contributed by atoms with E-state index in [1.807, 2.05) is 4.90 Å². The molecule has 1 saturated heterocycles. The molecule has 1 atom stereocenters. The number of nitrogens with zero attached hydrogens (tertiary/aromatic N) is 3. The summed E-state index contributed by atoms with van der Waals surface area (Å²) in [5.74, 6) is 0.0235. The zero-order valence-corrected chi connectivity index (χ0v) is 16.7. The third-order valence-electron chi connectivity index (χ3n) is 4.85. The average molecular weight is 424 g/mol. The van der Waals surface area contributed by atoms with Crippen LogP contribution in [0.3, 0.4) is 0 Å². The number of rotatable bonds is 5. The van der Waals surface area contributed by atoms with E-state index in [4.69, 9.17) is 4.74 Å². The molecule has 2 aromatic rings. The zero-order chi connectivity index (χ0) is 21.9. The molecule has 0 aliphatic carbocycles. The number of hydrogen-bond acceptors (Lipinski definition) is 6. The lowest BCUT2D eigenvalue weighted by Gasteiger charge is -2.33. The molecule has 162 valence electrons. The first kappa shape index (κ1) is 21.8. The maximum atomic E-state index is 12.9. The second-order valence-electron chi connectivity index (χ2n) is 7.17. The number of aryl methyl sites for hydroxylation is 1. The fourth-order valence-corrected chi connectivity index (χ4v) is 3.40. The zero-order valence-electron chi connectivity index (χ0n) is 16.7. The van der Waals surface area contributed by atoms with E-state index in [2.05, 4.69) is 15.5 Å². The molecular weight excluding hydrogens is 401 g/mol. The van der Waals surface area contributed by atoms with Gasteiger partial charge >= 0.3 is 6.18 Å². The summed E-state index contributed by atoms with van der Waals surface area (Å²) in [4.78, 5) is 13.0. The van der Waals surface area contributed by atoms with Crippen LogP contribution in [0.2, 0.25) is 0 Å². The fraction of sp³-hybridized carbons (Fsp3) is 0.450. The Morgan fingerprint density at radius 1 is 1.33 bits per heavy atom. The predicted octanol–water partition coefficient (Wildman–Crippen LogP) is 2.91. The van der Waals surface area contributed by atoms with Crippen molar-refractivity contribution in [1.29, 1.82) is 0 Å². The molecule has 1 amide bonds. The monoisotopic (exact) mass is 424 g/mol. The number of halogens is 3. The van der Waals surface area contributed by atoms with Crippen molar-refractivity contribution in [3.8, 4) is 17.0 Å². The minimum Gasteiger partial charge on any atom is -0.507 e. The van der Waals surface area contributed by atoms with Crippen LogP contribution >= 0.6 is 0 Å². The molecule has 2 heterocycles. The van der Waals surface area contributed by atoms with Gasteiger partial charge in [0.15, 0.2) is 5.82 Å². The molecule has 2 N–H and O–H groups in total. The van der Waals surface area contributed by atoms with E-state index in [0.29, 0.717) is 44.5 Å². The summed E-state index contributed by atoms with van der Waals surface area (Å²) in [5, 5.41) is 21.2. The topological polar surface area (TPSA) is 87.6 Å². The van der Waals surface area contributed by atoms with Gasteiger partial charge < -0.3 is 20.1 Å². The van der Waals surface area contributed by atoms with Gasteiger partial charge in [0.1, 0.15) is 5.75 Å². The number of benzene rings is 1. The number of morpholine rings is 1. The van der Waals surface area contributed by atoms with Crippen molar-refractivity contribution < 1.29 is 27.8 Å². The Morgan fingerprint density at radius 2 is 2.10 bits per heavy atom. The Balaban J connectivity index is 1.73. The minimum atomic E-state index is -4.54. The highest BCUT2D eigenvalue weighted by molar-refractivity contribution is 5.73. The van der Waals surface area contributed by atoms with Crippen LogP contribution in [0, 0.1) is 6.92 Å². The predicted molar refractivity (Wildman–Crippen MR) is 104 cm³/mol. The highest BCUT2D eigenvalue weighted by Gasteiger charge is 2.32. The van der Waals surface area contributed by atoms with Crippen LogP contribution in [0.1, 0.15) is 24.5 Å². The van der Waals surface area contributed by atoms with Gasteiger partial charge in [-0.25, -0.2) is 0 Å². The molecule has 0 spiro atoms. The molecular formula is C20H23F3N4O3. The van der Waals surface area contributed by atoms with E-state index < -0.39 is 17.5 Å². The summed E-state index contributed by atoms with van der Waals surface area (Å²) in [6, 6.07) is 5.01. The first-order valence-corrected chi connectivity index (χ1v) is 9.51. The van der Waals surface area contributed by atoms with Crippen LogP contribution in [-0.2, 0) is 15.7 Å². The van der Waals surface area contributed by atoms with Crippen molar-refractivity contribution in [2.45, 2.75) is 32.5 Å². The van der Waals surface area contributed by atoms with Crippen molar-refractivity contribution in [2.24, 2.45) is 0 Å². The number of phenols is 1. The minimum absolute atomic E-state index is 0.0618. The van der Waals surface area contributed by atoms with E-state index in [-0.39, 0.29) is 28.8 Å². The normalized spacial score (nSPS) is 17.1. The number of phenolic OH excluding ortho intramolecular Hbond substituents is 1. The van der Waals surface area contributed by atoms with Crippen LogP contribution in [0.5, 0.6) is 5.75 Å². The Kier molecular flexibility index (Phi) is 6.45. The van der Waals surface area contributed by atoms with Gasteiger partial charge in [0.2, 0.25) is 5.91 Å². The molecule has 1 aliphatic heterocycles. The van der Waals surface area contributed by atoms with E-state index in [0.717, 1.165) is 6.07 Å². The van der Waals surface area contributed by atoms with Crippen molar-refractivity contribution in [3.63, 3.8) is 0 Å². The van der Waals surface area contributed by atoms with Crippen molar-refractivity contribution in [1.82, 2.24) is 15.5 Å². The number of carbonyl (C=O) groups excluding carboxylic acids is 1. The van der Waals surface area contributed by atoms with Gasteiger partial charge in [-0.3, -0.25) is 4.79 Å². The second-order valence-corrected chi connectivity index (χ2v) is 7.17. The Labute approximate surface area is 171 Å². The Hall–Kier alpha value is -2.88. The molecule has 7 nitrogen and oxygen atoms in total. The Morgan fingerprint density at radius 3 is 2.70 bits per heavy atom. The summed E-state index contributed by atoms with van der Waals surface area (Å²) >= 11 is 0. The van der Waals surface area contributed by atoms with Crippen LogP contribution in [0.25, 0.3) is 11.3 Å². The number of aromatic nitrogens is 2. The van der Waals surface area contributed by atoms with Gasteiger partial charge in [-0.05, 0) is 43.2 Å². The summed E-state index contributed by atoms with van der Waals surface area (Å²) in [5.41, 5.74) is -0.145. The number of amides is 1. The van der Waals surface area contributed by atoms with Crippen LogP contribution in [0.4, 0.5) is 19.0 Å². The van der Waals surface area contributed by atoms with Crippen molar-refractivity contribution >= 4 is 11.7 Å². The average Bonchev–Trinajstić information content (AvgIpc) is 2.67. The summed E-state index contributed by atoms with van der Waals surface area (Å²) in [6.45, 7) is 5.17. The van der Waals surface area contributed by atoms with E-state index in [1.165, 1.54) is 13.8 Å². The SMILES string of the molecule is CC(=O)NCC[C@H]1CN(c2ccc(-c3c(C)cc(C(F)(F)F)cc3O)nn2)CCO1. The molecule has 1 aromatic carbocycles. The lowest BCUT2D eigenvalue weighted by Crippen LogP contribution is -2.44. The van der Waals surface area contributed by atoms with Crippen LogP contribution in [0.15, 0.2) is 24.3 Å². The molecule has 30 heavy (non-hydrogen) atoms. The molecule has 0 bridgehead atoms. The van der Waals surface area contributed by atoms with E-state index in [1.54, 1.807) is 12.1 Å². The number of anilines is 1. The van der Waals surface area contributed by atoms with E-state index >= 15 is 0 Å². The lowest BCUT2D eigenvalue weighted by atomic mass is 10.0. The number of nitrogens with one attached hydrogen (secondary N) is 1. The molecule has 10 heteroatoms. The molecule has 0 unspecified atom stereocenters. The molecule has 0 saturated carbocycles. The van der Waals surface area contributed by atoms with Crippen LogP contribution < -0.4 is 10.2 Å². The summed E-state index contributed by atoms with van der Waals surface area (Å²) in [6.07, 6.45) is -3.93. The maximum Gasteiger partial charge on any atom is 0.416 e. The largest absolute Gasteiger partial charge is 0.507 e. The van der Waals surface area contributed by atoms with Gasteiger partial charge in [-0.2, -0.15) is 13.2 Å². The lowest BCUT2D eigenvalue weighted by molar-refractivity contribution is -0.137. The standard InChI is InChI=1S/C20H23F3N4O3/c1-12-9-14(20(21,22)23)10-17(29)19(12)16-3-4-18(26-25-16)27-7-8-30-15(11-27)5-6-24-13(2)28/h3-4,9-10,15,29H,5-8,11H2,1-2H3,(H,24,28)/t15-/m0/s1. The molecule has 3 rings (SSSR count). The number of ether oxygens (including phenoxy) is 1. The first-order chi connectivity index (χ1) is 14.1. The van der Waals surface area contributed by atoms with Gasteiger partial charge in [0, 0.05) is 32.1 Å². The van der Waals surface area contributed by atoms with Gasteiger partial charge in [0.25, 0.3) is 0 Å². The molecule has 0 radical (unpaired) electrons. The number of carbonyl (C=O) groups is 1. The summed E-state index contributed by atoms with van der Waals surface area (Å²) in [7, 11) is 0. The number of aromatic hydroxyl groups is 1. The molecule has 1 aromatic heterocycles. The summed E-state index contributed by atoms with van der Waals surface area (Å²) < 4.78 is 44.5. The maximum absolute atomic E-state index is 12.9. The third kappa shape index (κ3) is 5.18. The molecule has 1 fully saturated rings. The molecule has 1 aliphatic rings.